The van der Waals surface area contributed by atoms with Crippen LogP contribution in [0.2, 0.25) is 0 Å². The molecule has 0 aliphatic carbocycles. The predicted octanol–water partition coefficient (Wildman–Crippen LogP) is 16.8. The zero-order valence-corrected chi connectivity index (χ0v) is 46.3. The van der Waals surface area contributed by atoms with Gasteiger partial charge in [-0.2, -0.15) is 0 Å². The lowest BCUT2D eigenvalue weighted by atomic mass is 9.81. The SMILES string of the molecule is CCCCCCCC/C=C\CCCCCCCC(=O)OCC(COC(=O)CCCCCCC/C=C\CCCCCCCC)(COC(=O)CCCCCCC/C=C\CCCCCCCC)C(NC)C(N)=O. The van der Waals surface area contributed by atoms with Gasteiger partial charge in [0.1, 0.15) is 25.9 Å². The van der Waals surface area contributed by atoms with Gasteiger partial charge in [-0.3, -0.25) is 19.2 Å². The molecule has 0 aromatic rings. The quantitative estimate of drug-likeness (QED) is 0.0266. The van der Waals surface area contributed by atoms with Gasteiger partial charge in [-0.05, 0) is 103 Å². The summed E-state index contributed by atoms with van der Waals surface area (Å²) in [5.74, 6) is -1.92. The lowest BCUT2D eigenvalue weighted by molar-refractivity contribution is -0.167. The number of carbonyl (C=O) groups is 4. The second-order valence-electron chi connectivity index (χ2n) is 20.5. The average molecular weight is 986 g/mol. The van der Waals surface area contributed by atoms with Crippen LogP contribution >= 0.6 is 0 Å². The number of esters is 3. The minimum Gasteiger partial charge on any atom is -0.465 e. The topological polar surface area (TPSA) is 134 Å². The highest BCUT2D eigenvalue weighted by Crippen LogP contribution is 2.27. The van der Waals surface area contributed by atoms with Gasteiger partial charge in [0.05, 0.1) is 5.41 Å². The van der Waals surface area contributed by atoms with Crippen molar-refractivity contribution < 1.29 is 33.4 Å². The summed E-state index contributed by atoms with van der Waals surface area (Å²) >= 11 is 0. The predicted molar refractivity (Wildman–Crippen MR) is 296 cm³/mol. The zero-order chi connectivity index (χ0) is 51.3. The maximum atomic E-state index is 13.1. The van der Waals surface area contributed by atoms with Crippen molar-refractivity contribution in [1.82, 2.24) is 5.32 Å². The first kappa shape index (κ1) is 67.1. The molecule has 1 atom stereocenters. The number of amides is 1. The van der Waals surface area contributed by atoms with Crippen molar-refractivity contribution in [2.75, 3.05) is 26.9 Å². The molecule has 0 aromatic heterocycles. The van der Waals surface area contributed by atoms with Crippen LogP contribution in [0.25, 0.3) is 0 Å². The van der Waals surface area contributed by atoms with Crippen molar-refractivity contribution in [3.63, 3.8) is 0 Å². The van der Waals surface area contributed by atoms with Crippen LogP contribution in [0.5, 0.6) is 0 Å². The Morgan fingerprint density at radius 1 is 0.371 bits per heavy atom. The first-order chi connectivity index (χ1) is 34.3. The number of allylic oxidation sites excluding steroid dienone is 6. The Morgan fingerprint density at radius 3 is 0.800 bits per heavy atom. The minimum absolute atomic E-state index is 0.236. The van der Waals surface area contributed by atoms with Gasteiger partial charge in [0.25, 0.3) is 0 Å². The number of hydrogen-bond donors (Lipinski definition) is 2. The highest BCUT2D eigenvalue weighted by molar-refractivity contribution is 5.81. The fourth-order valence-corrected chi connectivity index (χ4v) is 9.03. The Bertz CT molecular complexity index is 1160. The number of unbranched alkanes of at least 4 members (excludes halogenated alkanes) is 33. The molecule has 0 rings (SSSR count). The highest BCUT2D eigenvalue weighted by atomic mass is 16.6. The fourth-order valence-electron chi connectivity index (χ4n) is 9.03. The van der Waals surface area contributed by atoms with Crippen LogP contribution in [-0.4, -0.2) is 56.7 Å². The molecule has 3 N–H and O–H groups in total. The number of nitrogens with one attached hydrogen (secondary N) is 1. The average Bonchev–Trinajstić information content (AvgIpc) is 3.35. The van der Waals surface area contributed by atoms with Crippen molar-refractivity contribution in [3.05, 3.63) is 36.5 Å². The van der Waals surface area contributed by atoms with Gasteiger partial charge in [0, 0.05) is 19.3 Å². The van der Waals surface area contributed by atoms with Crippen molar-refractivity contribution in [3.8, 4) is 0 Å². The van der Waals surface area contributed by atoms with E-state index < -0.39 is 35.3 Å². The lowest BCUT2D eigenvalue weighted by Crippen LogP contribution is -2.59. The lowest BCUT2D eigenvalue weighted by Gasteiger charge is -2.37. The maximum absolute atomic E-state index is 13.1. The Labute approximate surface area is 431 Å². The molecule has 70 heavy (non-hydrogen) atoms. The van der Waals surface area contributed by atoms with E-state index in [2.05, 4.69) is 62.5 Å². The van der Waals surface area contributed by atoms with E-state index in [1.165, 1.54) is 135 Å². The first-order valence-corrected chi connectivity index (χ1v) is 29.6. The molecule has 0 spiro atoms. The summed E-state index contributed by atoms with van der Waals surface area (Å²) < 4.78 is 17.5. The summed E-state index contributed by atoms with van der Waals surface area (Å²) in [7, 11) is 1.58. The third-order valence-corrected chi connectivity index (χ3v) is 13.7. The van der Waals surface area contributed by atoms with Crippen molar-refractivity contribution in [2.24, 2.45) is 11.1 Å². The van der Waals surface area contributed by atoms with Crippen molar-refractivity contribution in [1.29, 1.82) is 0 Å². The molecule has 0 saturated heterocycles. The van der Waals surface area contributed by atoms with Crippen molar-refractivity contribution in [2.45, 2.75) is 296 Å². The summed E-state index contributed by atoms with van der Waals surface area (Å²) in [5, 5.41) is 2.95. The molecule has 9 nitrogen and oxygen atoms in total. The number of likely N-dealkylation sites (N-methyl/N-ethyl adjacent to an activating group) is 1. The normalized spacial score (nSPS) is 12.4. The number of hydrogen-bond acceptors (Lipinski definition) is 8. The summed E-state index contributed by atoms with van der Waals surface area (Å²) in [6.45, 7) is 5.91. The molecule has 0 saturated carbocycles. The van der Waals surface area contributed by atoms with Crippen LogP contribution in [0.3, 0.4) is 0 Å². The standard InChI is InChI=1S/C61H112N2O7/c1-5-8-11-14-17-20-23-26-29-32-35-38-41-44-47-50-56(64)68-53-61(59(63-4)60(62)67,54-69-57(65)51-48-45-42-39-36-33-30-27-24-21-18-15-12-9-6-2)55-70-58(66)52-49-46-43-40-37-34-31-28-25-22-19-16-13-10-7-3/h26-31,59,63H,5-25,32-55H2,1-4H3,(H2,62,67)/b29-26-,30-27-,31-28-. The smallest absolute Gasteiger partial charge is 0.305 e. The third-order valence-electron chi connectivity index (χ3n) is 13.7. The van der Waals surface area contributed by atoms with Crippen LogP contribution in [0, 0.1) is 5.41 Å². The second-order valence-corrected chi connectivity index (χ2v) is 20.5. The van der Waals surface area contributed by atoms with Crippen LogP contribution in [0.1, 0.15) is 290 Å². The molecule has 1 amide bonds. The minimum atomic E-state index is -1.39. The summed E-state index contributed by atoms with van der Waals surface area (Å²) in [6.07, 6.45) is 60.0. The molecule has 1 unspecified atom stereocenters. The van der Waals surface area contributed by atoms with Gasteiger partial charge >= 0.3 is 17.9 Å². The van der Waals surface area contributed by atoms with Crippen LogP contribution < -0.4 is 11.1 Å². The molecular formula is C61H112N2O7. The largest absolute Gasteiger partial charge is 0.465 e. The van der Waals surface area contributed by atoms with E-state index in [1.54, 1.807) is 7.05 Å². The molecule has 0 fully saturated rings. The molecule has 0 bridgehead atoms. The Morgan fingerprint density at radius 2 is 0.586 bits per heavy atom. The van der Waals surface area contributed by atoms with E-state index in [1.807, 2.05) is 0 Å². The highest BCUT2D eigenvalue weighted by Gasteiger charge is 2.46. The maximum Gasteiger partial charge on any atom is 0.305 e. The molecule has 0 radical (unpaired) electrons. The van der Waals surface area contributed by atoms with E-state index in [4.69, 9.17) is 19.9 Å². The van der Waals surface area contributed by atoms with Gasteiger partial charge in [0.15, 0.2) is 0 Å². The van der Waals surface area contributed by atoms with Gasteiger partial charge in [-0.1, -0.05) is 211 Å². The van der Waals surface area contributed by atoms with E-state index >= 15 is 0 Å². The van der Waals surface area contributed by atoms with E-state index in [0.717, 1.165) is 96.3 Å². The molecule has 408 valence electrons. The molecule has 0 aliphatic rings. The molecule has 0 aliphatic heterocycles. The Kier molecular flexibility index (Phi) is 50.2. The number of primary amides is 1. The first-order valence-electron chi connectivity index (χ1n) is 29.6. The molecular weight excluding hydrogens is 873 g/mol. The Balaban J connectivity index is 5.07. The number of ether oxygens (including phenoxy) is 3. The van der Waals surface area contributed by atoms with Gasteiger partial charge < -0.3 is 25.3 Å². The molecule has 0 aromatic carbocycles. The van der Waals surface area contributed by atoms with E-state index in [0.29, 0.717) is 19.3 Å². The second kappa shape index (κ2) is 52.4. The van der Waals surface area contributed by atoms with E-state index in [-0.39, 0.29) is 39.1 Å². The zero-order valence-electron chi connectivity index (χ0n) is 46.3. The van der Waals surface area contributed by atoms with Crippen LogP contribution in [0.4, 0.5) is 0 Å². The van der Waals surface area contributed by atoms with Crippen LogP contribution in [0.15, 0.2) is 36.5 Å². The molecule has 9 heteroatoms. The van der Waals surface area contributed by atoms with Gasteiger partial charge in [-0.15, -0.1) is 0 Å². The van der Waals surface area contributed by atoms with Gasteiger partial charge in [0.2, 0.25) is 5.91 Å². The summed E-state index contributed by atoms with van der Waals surface area (Å²) in [4.78, 5) is 52.3. The molecule has 0 heterocycles. The number of rotatable bonds is 54. The third kappa shape index (κ3) is 43.8. The summed E-state index contributed by atoms with van der Waals surface area (Å²) in [5.41, 5.74) is 4.52. The van der Waals surface area contributed by atoms with E-state index in [9.17, 15) is 19.2 Å². The number of nitrogens with two attached hydrogens (primary N) is 1. The van der Waals surface area contributed by atoms with Crippen LogP contribution in [-0.2, 0) is 33.4 Å². The fraction of sp³-hybridized carbons (Fsp3) is 0.836. The number of carbonyl (C=O) groups excluding carboxylic acids is 4. The summed E-state index contributed by atoms with van der Waals surface area (Å²) in [6, 6.07) is -1.08. The van der Waals surface area contributed by atoms with Gasteiger partial charge in [-0.25, -0.2) is 0 Å². The van der Waals surface area contributed by atoms with Crippen molar-refractivity contribution >= 4 is 23.8 Å². The Hall–Kier alpha value is -2.94. The monoisotopic (exact) mass is 985 g/mol.